The summed E-state index contributed by atoms with van der Waals surface area (Å²) in [4.78, 5) is 0. The molecule has 122 valence electrons. The molecule has 1 atom stereocenters. The van der Waals surface area contributed by atoms with Crippen molar-refractivity contribution in [1.29, 1.82) is 0 Å². The van der Waals surface area contributed by atoms with Crippen molar-refractivity contribution in [2.45, 2.75) is 19.4 Å². The maximum absolute atomic E-state index is 9.87. The first-order chi connectivity index (χ1) is 11.0. The Labute approximate surface area is 135 Å². The van der Waals surface area contributed by atoms with Crippen molar-refractivity contribution in [2.75, 3.05) is 20.8 Å². The number of hydrogen-bond acceptors (Lipinski definition) is 5. The Balaban J connectivity index is 2.12. The Morgan fingerprint density at radius 3 is 2.30 bits per heavy atom. The van der Waals surface area contributed by atoms with Gasteiger partial charge in [0, 0.05) is 6.54 Å². The van der Waals surface area contributed by atoms with Crippen LogP contribution in [0.2, 0.25) is 0 Å². The zero-order valence-corrected chi connectivity index (χ0v) is 13.5. The molecule has 1 aliphatic rings. The van der Waals surface area contributed by atoms with Gasteiger partial charge >= 0.3 is 0 Å². The molecule has 23 heavy (non-hydrogen) atoms. The van der Waals surface area contributed by atoms with Gasteiger partial charge in [-0.1, -0.05) is 0 Å². The highest BCUT2D eigenvalue weighted by Gasteiger charge is 2.25. The fourth-order valence-corrected chi connectivity index (χ4v) is 3.17. The molecular weight excluding hydrogens is 294 g/mol. The molecule has 1 heterocycles. The second kappa shape index (κ2) is 6.01. The molecule has 3 rings (SSSR count). The van der Waals surface area contributed by atoms with E-state index in [-0.39, 0.29) is 17.5 Å². The Morgan fingerprint density at radius 1 is 0.957 bits per heavy atom. The molecule has 0 fully saturated rings. The molecule has 2 aromatic carbocycles. The summed E-state index contributed by atoms with van der Waals surface area (Å²) in [6, 6.07) is 7.13. The van der Waals surface area contributed by atoms with Gasteiger partial charge in [-0.25, -0.2) is 0 Å². The maximum atomic E-state index is 9.87. The number of ether oxygens (including phenoxy) is 2. The minimum absolute atomic E-state index is 0.0648. The monoisotopic (exact) mass is 315 g/mol. The van der Waals surface area contributed by atoms with Crippen molar-refractivity contribution >= 4 is 0 Å². The predicted molar refractivity (Wildman–Crippen MR) is 87.6 cm³/mol. The summed E-state index contributed by atoms with van der Waals surface area (Å²) in [5.74, 6) is 1.19. The molecule has 1 unspecified atom stereocenters. The molecule has 0 bridgehead atoms. The zero-order chi connectivity index (χ0) is 16.6. The summed E-state index contributed by atoms with van der Waals surface area (Å²) in [6.45, 7) is 2.82. The fraction of sp³-hybridized carbons (Fsp3) is 0.333. The molecular formula is C18H21NO4. The second-order valence-electron chi connectivity index (χ2n) is 5.74. The normalized spacial score (nSPS) is 16.7. The number of nitrogens with one attached hydrogen (secondary N) is 1. The number of benzene rings is 2. The second-order valence-corrected chi connectivity index (χ2v) is 5.74. The van der Waals surface area contributed by atoms with Crippen molar-refractivity contribution in [1.82, 2.24) is 5.32 Å². The van der Waals surface area contributed by atoms with Gasteiger partial charge in [-0.3, -0.25) is 0 Å². The highest BCUT2D eigenvalue weighted by Crippen LogP contribution is 2.40. The first kappa shape index (κ1) is 15.5. The Hall–Kier alpha value is -2.40. The van der Waals surface area contributed by atoms with Crippen LogP contribution in [-0.4, -0.2) is 31.0 Å². The molecule has 0 amide bonds. The van der Waals surface area contributed by atoms with Crippen LogP contribution in [0.15, 0.2) is 24.3 Å². The molecule has 5 heteroatoms. The van der Waals surface area contributed by atoms with Crippen molar-refractivity contribution in [3.8, 4) is 23.0 Å². The Morgan fingerprint density at radius 2 is 1.61 bits per heavy atom. The van der Waals surface area contributed by atoms with Gasteiger partial charge < -0.3 is 25.0 Å². The number of phenolic OH excluding ortho intramolecular Hbond substituents is 2. The zero-order valence-electron chi connectivity index (χ0n) is 13.5. The molecule has 0 aliphatic carbocycles. The molecule has 0 aromatic heterocycles. The van der Waals surface area contributed by atoms with Crippen LogP contribution in [0.25, 0.3) is 0 Å². The van der Waals surface area contributed by atoms with E-state index in [9.17, 15) is 10.2 Å². The number of rotatable bonds is 3. The van der Waals surface area contributed by atoms with Gasteiger partial charge in [0.25, 0.3) is 0 Å². The lowest BCUT2D eigenvalue weighted by Crippen LogP contribution is -2.31. The van der Waals surface area contributed by atoms with Crippen LogP contribution in [0.3, 0.4) is 0 Å². The molecule has 0 saturated carbocycles. The molecule has 0 spiro atoms. The van der Waals surface area contributed by atoms with Gasteiger partial charge in [-0.05, 0) is 59.9 Å². The van der Waals surface area contributed by atoms with Gasteiger partial charge in [0.1, 0.15) is 0 Å². The SMILES string of the molecule is COc1cc(C)c(C2NCCc3cc(O)c(O)cc32)cc1OC. The van der Waals surface area contributed by atoms with Crippen LogP contribution in [0, 0.1) is 6.92 Å². The lowest BCUT2D eigenvalue weighted by Gasteiger charge is -2.29. The molecule has 1 aliphatic heterocycles. The minimum Gasteiger partial charge on any atom is -0.504 e. The van der Waals surface area contributed by atoms with Crippen molar-refractivity contribution in [2.24, 2.45) is 0 Å². The predicted octanol–water partition coefficient (Wildman–Crippen LogP) is 2.66. The molecule has 0 radical (unpaired) electrons. The van der Waals surface area contributed by atoms with Gasteiger partial charge in [-0.15, -0.1) is 0 Å². The van der Waals surface area contributed by atoms with E-state index in [0.29, 0.717) is 11.5 Å². The van der Waals surface area contributed by atoms with Crippen LogP contribution in [-0.2, 0) is 6.42 Å². The lowest BCUT2D eigenvalue weighted by molar-refractivity contribution is 0.353. The third kappa shape index (κ3) is 2.68. The topological polar surface area (TPSA) is 71.0 Å². The van der Waals surface area contributed by atoms with Gasteiger partial charge in [-0.2, -0.15) is 0 Å². The summed E-state index contributed by atoms with van der Waals surface area (Å²) in [5.41, 5.74) is 4.15. The van der Waals surface area contributed by atoms with Crippen molar-refractivity contribution in [3.05, 3.63) is 46.5 Å². The van der Waals surface area contributed by atoms with Crippen LogP contribution in [0.4, 0.5) is 0 Å². The fourth-order valence-electron chi connectivity index (χ4n) is 3.17. The molecule has 0 saturated heterocycles. The molecule has 5 nitrogen and oxygen atoms in total. The summed E-state index contributed by atoms with van der Waals surface area (Å²) in [7, 11) is 3.23. The van der Waals surface area contributed by atoms with E-state index in [1.54, 1.807) is 26.4 Å². The highest BCUT2D eigenvalue weighted by molar-refractivity contribution is 5.54. The number of hydrogen-bond donors (Lipinski definition) is 3. The van der Waals surface area contributed by atoms with Gasteiger partial charge in [0.05, 0.1) is 20.3 Å². The van der Waals surface area contributed by atoms with Crippen LogP contribution in [0.1, 0.15) is 28.3 Å². The smallest absolute Gasteiger partial charge is 0.161 e. The summed E-state index contributed by atoms with van der Waals surface area (Å²) in [6.07, 6.45) is 0.812. The summed E-state index contributed by atoms with van der Waals surface area (Å²) >= 11 is 0. The first-order valence-corrected chi connectivity index (χ1v) is 7.55. The Kier molecular flexibility index (Phi) is 4.05. The average Bonchev–Trinajstić information content (AvgIpc) is 2.55. The van der Waals surface area contributed by atoms with E-state index in [1.165, 1.54) is 0 Å². The first-order valence-electron chi connectivity index (χ1n) is 7.55. The summed E-state index contributed by atoms with van der Waals surface area (Å²) < 4.78 is 10.8. The number of aryl methyl sites for hydroxylation is 1. The van der Waals surface area contributed by atoms with E-state index < -0.39 is 0 Å². The largest absolute Gasteiger partial charge is 0.504 e. The van der Waals surface area contributed by atoms with E-state index in [1.807, 2.05) is 19.1 Å². The van der Waals surface area contributed by atoms with E-state index in [2.05, 4.69) is 5.32 Å². The summed E-state index contributed by atoms with van der Waals surface area (Å²) in [5, 5.41) is 23.1. The van der Waals surface area contributed by atoms with E-state index in [0.717, 1.165) is 35.2 Å². The average molecular weight is 315 g/mol. The minimum atomic E-state index is -0.101. The van der Waals surface area contributed by atoms with Crippen molar-refractivity contribution in [3.63, 3.8) is 0 Å². The number of phenols is 2. The van der Waals surface area contributed by atoms with Crippen LogP contribution in [0.5, 0.6) is 23.0 Å². The van der Waals surface area contributed by atoms with Crippen LogP contribution < -0.4 is 14.8 Å². The highest BCUT2D eigenvalue weighted by atomic mass is 16.5. The van der Waals surface area contributed by atoms with Crippen molar-refractivity contribution < 1.29 is 19.7 Å². The third-order valence-corrected chi connectivity index (χ3v) is 4.37. The lowest BCUT2D eigenvalue weighted by atomic mass is 9.87. The molecule has 3 N–H and O–H groups in total. The molecule has 2 aromatic rings. The Bertz CT molecular complexity index is 742. The quantitative estimate of drug-likeness (QED) is 0.760. The van der Waals surface area contributed by atoms with Crippen LogP contribution >= 0.6 is 0 Å². The van der Waals surface area contributed by atoms with E-state index >= 15 is 0 Å². The maximum Gasteiger partial charge on any atom is 0.161 e. The number of fused-ring (bicyclic) bond motifs is 1. The number of aromatic hydroxyl groups is 2. The van der Waals surface area contributed by atoms with E-state index in [4.69, 9.17) is 9.47 Å². The standard InChI is InChI=1S/C18H21NO4/c1-10-6-16(22-2)17(23-3)9-12(10)18-13-8-15(21)14(20)7-11(13)4-5-19-18/h6-9,18-21H,4-5H2,1-3H3. The number of methoxy groups -OCH3 is 2. The third-order valence-electron chi connectivity index (χ3n) is 4.37. The van der Waals surface area contributed by atoms with Gasteiger partial charge in [0.2, 0.25) is 0 Å². The van der Waals surface area contributed by atoms with Gasteiger partial charge in [0.15, 0.2) is 23.0 Å².